The first-order chi connectivity index (χ1) is 5.83. The SMILES string of the molecule is [C-]#[N+]c1nnc2[nH]ccc2c1Cl. The molecule has 2 rings (SSSR count). The molecule has 0 aliphatic rings. The minimum absolute atomic E-state index is 0.142. The molecule has 0 radical (unpaired) electrons. The molecule has 0 saturated heterocycles. The predicted molar refractivity (Wildman–Crippen MR) is 45.2 cm³/mol. The second-order valence-electron chi connectivity index (χ2n) is 2.19. The van der Waals surface area contributed by atoms with Crippen LogP contribution in [0.3, 0.4) is 0 Å². The van der Waals surface area contributed by atoms with Crippen molar-refractivity contribution in [2.75, 3.05) is 0 Å². The summed E-state index contributed by atoms with van der Waals surface area (Å²) >= 11 is 5.85. The average Bonchev–Trinajstić information content (AvgIpc) is 2.53. The Bertz CT molecular complexity index is 468. The molecular weight excluding hydrogens is 176 g/mol. The van der Waals surface area contributed by atoms with Crippen LogP contribution >= 0.6 is 11.6 Å². The van der Waals surface area contributed by atoms with Gasteiger partial charge in [0.05, 0.1) is 5.02 Å². The molecule has 0 atom stereocenters. The van der Waals surface area contributed by atoms with Gasteiger partial charge in [0.25, 0.3) is 0 Å². The van der Waals surface area contributed by atoms with Crippen molar-refractivity contribution in [3.63, 3.8) is 0 Å². The lowest BCUT2D eigenvalue weighted by Crippen LogP contribution is -1.82. The van der Waals surface area contributed by atoms with Gasteiger partial charge in [-0.1, -0.05) is 18.2 Å². The summed E-state index contributed by atoms with van der Waals surface area (Å²) in [5.41, 5.74) is 0.604. The molecule has 0 fully saturated rings. The predicted octanol–water partition coefficient (Wildman–Crippen LogP) is 2.16. The molecule has 0 amide bonds. The molecule has 0 aromatic carbocycles. The second kappa shape index (κ2) is 2.47. The summed E-state index contributed by atoms with van der Waals surface area (Å²) in [5, 5.41) is 8.49. The molecule has 0 aliphatic heterocycles. The fourth-order valence-corrected chi connectivity index (χ4v) is 1.19. The maximum atomic E-state index is 6.74. The molecule has 0 aliphatic carbocycles. The molecule has 0 bridgehead atoms. The van der Waals surface area contributed by atoms with Crippen LogP contribution < -0.4 is 0 Å². The lowest BCUT2D eigenvalue weighted by Gasteiger charge is -1.91. The highest BCUT2D eigenvalue weighted by atomic mass is 35.5. The summed E-state index contributed by atoms with van der Waals surface area (Å²) < 4.78 is 0. The van der Waals surface area contributed by atoms with Crippen LogP contribution in [-0.2, 0) is 0 Å². The van der Waals surface area contributed by atoms with Crippen LogP contribution in [0.5, 0.6) is 0 Å². The summed E-state index contributed by atoms with van der Waals surface area (Å²) in [7, 11) is 0. The Hall–Kier alpha value is -1.60. The van der Waals surface area contributed by atoms with Crippen LogP contribution in [0.15, 0.2) is 12.3 Å². The number of H-pyrrole nitrogens is 1. The molecule has 5 heteroatoms. The molecule has 1 N–H and O–H groups in total. The standard InChI is InChI=1S/C7H3ClN4/c1-9-7-5(8)4-2-3-10-6(4)11-12-7/h2-3H,(H,10,11). The summed E-state index contributed by atoms with van der Waals surface area (Å²) in [6, 6.07) is 1.76. The highest BCUT2D eigenvalue weighted by molar-refractivity contribution is 6.37. The van der Waals surface area contributed by atoms with Crippen LogP contribution in [0.1, 0.15) is 0 Å². The van der Waals surface area contributed by atoms with Crippen molar-refractivity contribution in [2.45, 2.75) is 0 Å². The fourth-order valence-electron chi connectivity index (χ4n) is 0.954. The topological polar surface area (TPSA) is 45.9 Å². The molecule has 4 nitrogen and oxygen atoms in total. The Morgan fingerprint density at radius 1 is 1.50 bits per heavy atom. The van der Waals surface area contributed by atoms with E-state index in [0.29, 0.717) is 10.7 Å². The van der Waals surface area contributed by atoms with Gasteiger partial charge in [0, 0.05) is 16.7 Å². The van der Waals surface area contributed by atoms with Crippen molar-refractivity contribution in [1.82, 2.24) is 15.2 Å². The van der Waals surface area contributed by atoms with Crippen LogP contribution in [0.4, 0.5) is 5.82 Å². The van der Waals surface area contributed by atoms with Crippen LogP contribution in [-0.4, -0.2) is 15.2 Å². The summed E-state index contributed by atoms with van der Waals surface area (Å²) in [4.78, 5) is 5.98. The number of aromatic nitrogens is 3. The van der Waals surface area contributed by atoms with Gasteiger partial charge in [0.15, 0.2) is 5.65 Å². The summed E-state index contributed by atoms with van der Waals surface area (Å²) in [6.45, 7) is 6.74. The van der Waals surface area contributed by atoms with Crippen molar-refractivity contribution < 1.29 is 0 Å². The maximum absolute atomic E-state index is 6.74. The molecular formula is C7H3ClN4. The van der Waals surface area contributed by atoms with Gasteiger partial charge >= 0.3 is 5.82 Å². The zero-order valence-electron chi connectivity index (χ0n) is 5.87. The minimum atomic E-state index is 0.142. The number of hydrogen-bond acceptors (Lipinski definition) is 2. The number of fused-ring (bicyclic) bond motifs is 1. The maximum Gasteiger partial charge on any atom is 0.315 e. The zero-order valence-corrected chi connectivity index (χ0v) is 6.63. The van der Waals surface area contributed by atoms with Crippen molar-refractivity contribution in [1.29, 1.82) is 0 Å². The van der Waals surface area contributed by atoms with Crippen molar-refractivity contribution in [2.24, 2.45) is 0 Å². The summed E-state index contributed by atoms with van der Waals surface area (Å²) in [6.07, 6.45) is 1.71. The first-order valence-electron chi connectivity index (χ1n) is 3.19. The van der Waals surface area contributed by atoms with Gasteiger partial charge < -0.3 is 9.83 Å². The number of aromatic amines is 1. The van der Waals surface area contributed by atoms with Gasteiger partial charge in [0.2, 0.25) is 0 Å². The monoisotopic (exact) mass is 178 g/mol. The van der Waals surface area contributed by atoms with E-state index in [1.54, 1.807) is 12.3 Å². The first-order valence-corrected chi connectivity index (χ1v) is 3.57. The van der Waals surface area contributed by atoms with Crippen LogP contribution in [0.25, 0.3) is 15.9 Å². The van der Waals surface area contributed by atoms with Gasteiger partial charge in [0.1, 0.15) is 0 Å². The van der Waals surface area contributed by atoms with Crippen molar-refractivity contribution in [3.8, 4) is 0 Å². The van der Waals surface area contributed by atoms with E-state index in [-0.39, 0.29) is 5.82 Å². The smallest absolute Gasteiger partial charge is 0.315 e. The molecule has 2 aromatic rings. The Balaban J connectivity index is 2.89. The van der Waals surface area contributed by atoms with E-state index in [0.717, 1.165) is 5.39 Å². The Kier molecular flexibility index (Phi) is 1.45. The third-order valence-electron chi connectivity index (χ3n) is 1.51. The van der Waals surface area contributed by atoms with Crippen molar-refractivity contribution >= 4 is 28.5 Å². The Labute approximate surface area is 73.0 Å². The van der Waals surface area contributed by atoms with E-state index < -0.39 is 0 Å². The summed E-state index contributed by atoms with van der Waals surface area (Å²) in [5.74, 6) is 0.142. The van der Waals surface area contributed by atoms with E-state index in [1.807, 2.05) is 0 Å². The van der Waals surface area contributed by atoms with Crippen molar-refractivity contribution in [3.05, 3.63) is 28.7 Å². The number of nitrogens with one attached hydrogen (secondary N) is 1. The van der Waals surface area contributed by atoms with E-state index >= 15 is 0 Å². The number of hydrogen-bond donors (Lipinski definition) is 1. The molecule has 2 heterocycles. The fraction of sp³-hybridized carbons (Fsp3) is 0. The number of halogens is 1. The van der Waals surface area contributed by atoms with Gasteiger partial charge in [-0.3, -0.25) is 0 Å². The van der Waals surface area contributed by atoms with E-state index in [1.165, 1.54) is 0 Å². The Morgan fingerprint density at radius 2 is 2.33 bits per heavy atom. The molecule has 58 valence electrons. The van der Waals surface area contributed by atoms with Gasteiger partial charge in [-0.25, -0.2) is 0 Å². The highest BCUT2D eigenvalue weighted by Crippen LogP contribution is 2.28. The lowest BCUT2D eigenvalue weighted by molar-refractivity contribution is 1.08. The quantitative estimate of drug-likeness (QED) is 0.629. The van der Waals surface area contributed by atoms with Gasteiger partial charge in [-0.15, -0.1) is 0 Å². The second-order valence-corrected chi connectivity index (χ2v) is 2.57. The first kappa shape index (κ1) is 7.07. The Morgan fingerprint density at radius 3 is 3.08 bits per heavy atom. The lowest BCUT2D eigenvalue weighted by atomic mass is 10.4. The minimum Gasteiger partial charge on any atom is -0.358 e. The third kappa shape index (κ3) is 0.840. The average molecular weight is 179 g/mol. The zero-order chi connectivity index (χ0) is 8.55. The third-order valence-corrected chi connectivity index (χ3v) is 1.88. The van der Waals surface area contributed by atoms with Crippen LogP contribution in [0.2, 0.25) is 5.02 Å². The molecule has 0 saturated carbocycles. The van der Waals surface area contributed by atoms with E-state index in [4.69, 9.17) is 18.2 Å². The van der Waals surface area contributed by atoms with Gasteiger partial charge in [-0.05, 0) is 11.2 Å². The normalized spacial score (nSPS) is 10.0. The van der Waals surface area contributed by atoms with E-state index in [2.05, 4.69) is 20.0 Å². The van der Waals surface area contributed by atoms with E-state index in [9.17, 15) is 0 Å². The largest absolute Gasteiger partial charge is 0.358 e. The molecule has 2 aromatic heterocycles. The molecule has 12 heavy (non-hydrogen) atoms. The molecule has 0 spiro atoms. The molecule has 0 unspecified atom stereocenters. The van der Waals surface area contributed by atoms with Gasteiger partial charge in [-0.2, -0.15) is 0 Å². The number of nitrogens with zero attached hydrogens (tertiary/aromatic N) is 3. The highest BCUT2D eigenvalue weighted by Gasteiger charge is 2.08. The number of rotatable bonds is 0. The van der Waals surface area contributed by atoms with Crippen LogP contribution in [0, 0.1) is 6.57 Å².